The van der Waals surface area contributed by atoms with Gasteiger partial charge in [-0.3, -0.25) is 14.9 Å². The predicted octanol–water partition coefficient (Wildman–Crippen LogP) is 4.01. The van der Waals surface area contributed by atoms with E-state index in [9.17, 15) is 19.5 Å². The van der Waals surface area contributed by atoms with Crippen molar-refractivity contribution < 1.29 is 29.0 Å². The van der Waals surface area contributed by atoms with E-state index in [-0.39, 0.29) is 17.1 Å². The number of phenolic OH excluding ortho intramolecular Hbond substituents is 1. The van der Waals surface area contributed by atoms with Crippen molar-refractivity contribution in [2.75, 3.05) is 18.6 Å². The Morgan fingerprint density at radius 3 is 2.52 bits per heavy atom. The van der Waals surface area contributed by atoms with Crippen LogP contribution in [0.5, 0.6) is 17.2 Å². The predicted molar refractivity (Wildman–Crippen MR) is 118 cm³/mol. The molecule has 2 N–H and O–H groups in total. The second kappa shape index (κ2) is 9.65. The fourth-order valence-corrected chi connectivity index (χ4v) is 3.38. The maximum atomic E-state index is 13.0. The number of urea groups is 1. The van der Waals surface area contributed by atoms with Gasteiger partial charge in [-0.05, 0) is 70.4 Å². The van der Waals surface area contributed by atoms with Crippen LogP contribution in [-0.2, 0) is 9.59 Å². The summed E-state index contributed by atoms with van der Waals surface area (Å²) in [6.07, 6.45) is 3.25. The van der Waals surface area contributed by atoms with Crippen LogP contribution >= 0.6 is 15.9 Å². The van der Waals surface area contributed by atoms with Gasteiger partial charge in [-0.1, -0.05) is 13.3 Å². The molecule has 0 aliphatic carbocycles. The van der Waals surface area contributed by atoms with E-state index in [1.54, 1.807) is 24.3 Å². The van der Waals surface area contributed by atoms with Crippen molar-refractivity contribution >= 4 is 45.5 Å². The molecule has 162 valence electrons. The number of benzene rings is 2. The van der Waals surface area contributed by atoms with Crippen molar-refractivity contribution in [1.29, 1.82) is 0 Å². The highest BCUT2D eigenvalue weighted by Crippen LogP contribution is 2.36. The molecule has 1 saturated heterocycles. The van der Waals surface area contributed by atoms with Crippen molar-refractivity contribution in [3.05, 3.63) is 52.0 Å². The number of halogens is 1. The summed E-state index contributed by atoms with van der Waals surface area (Å²) in [6.45, 7) is 2.64. The quantitative estimate of drug-likeness (QED) is 0.346. The first-order chi connectivity index (χ1) is 14.8. The zero-order chi connectivity index (χ0) is 22.5. The second-order valence-corrected chi connectivity index (χ2v) is 7.56. The number of imide groups is 2. The molecule has 4 amide bonds. The molecule has 0 aromatic heterocycles. The Kier molecular flexibility index (Phi) is 6.96. The molecule has 0 unspecified atom stereocenters. The third-order valence-electron chi connectivity index (χ3n) is 4.54. The molecule has 2 aromatic rings. The minimum atomic E-state index is -0.837. The number of aromatic hydroxyl groups is 1. The van der Waals surface area contributed by atoms with Crippen LogP contribution in [0, 0.1) is 0 Å². The average Bonchev–Trinajstić information content (AvgIpc) is 2.74. The zero-order valence-corrected chi connectivity index (χ0v) is 18.6. The lowest BCUT2D eigenvalue weighted by atomic mass is 10.1. The first kappa shape index (κ1) is 22.4. The molecule has 0 radical (unpaired) electrons. The van der Waals surface area contributed by atoms with Gasteiger partial charge in [0.25, 0.3) is 11.8 Å². The van der Waals surface area contributed by atoms with Crippen LogP contribution in [0.2, 0.25) is 0 Å². The van der Waals surface area contributed by atoms with Gasteiger partial charge in [-0.15, -0.1) is 0 Å². The highest BCUT2D eigenvalue weighted by atomic mass is 79.9. The van der Waals surface area contributed by atoms with Gasteiger partial charge in [-0.2, -0.15) is 0 Å². The van der Waals surface area contributed by atoms with Gasteiger partial charge in [0.2, 0.25) is 0 Å². The summed E-state index contributed by atoms with van der Waals surface area (Å²) in [6, 6.07) is 8.63. The second-order valence-electron chi connectivity index (χ2n) is 6.71. The van der Waals surface area contributed by atoms with Crippen LogP contribution in [-0.4, -0.2) is 36.7 Å². The van der Waals surface area contributed by atoms with E-state index in [4.69, 9.17) is 9.47 Å². The van der Waals surface area contributed by atoms with Gasteiger partial charge in [-0.25, -0.2) is 9.69 Å². The number of carbonyl (C=O) groups is 3. The Morgan fingerprint density at radius 2 is 1.87 bits per heavy atom. The molecule has 0 bridgehead atoms. The summed E-state index contributed by atoms with van der Waals surface area (Å²) in [5.74, 6) is -0.904. The van der Waals surface area contributed by atoms with Crippen LogP contribution in [0.3, 0.4) is 0 Å². The molecule has 0 spiro atoms. The topological polar surface area (TPSA) is 105 Å². The van der Waals surface area contributed by atoms with Crippen molar-refractivity contribution in [2.24, 2.45) is 0 Å². The number of nitrogens with one attached hydrogen (secondary N) is 1. The summed E-state index contributed by atoms with van der Waals surface area (Å²) < 4.78 is 11.0. The minimum Gasteiger partial charge on any atom is -0.503 e. The van der Waals surface area contributed by atoms with Gasteiger partial charge in [0.05, 0.1) is 23.9 Å². The lowest BCUT2D eigenvalue weighted by molar-refractivity contribution is -0.122. The third kappa shape index (κ3) is 4.88. The van der Waals surface area contributed by atoms with Crippen LogP contribution in [0.4, 0.5) is 10.5 Å². The molecule has 8 nitrogen and oxygen atoms in total. The number of rotatable bonds is 7. The summed E-state index contributed by atoms with van der Waals surface area (Å²) in [5.41, 5.74) is 0.490. The standard InChI is InChI=1S/C22H21BrN2O6/c1-3-4-9-31-15-7-5-14(6-8-15)25-21(28)16(20(27)24-22(25)29)10-13-11-17(23)19(26)18(12-13)30-2/h5-8,10-12,26H,3-4,9H2,1-2H3,(H,24,27,29)/b16-10-. The summed E-state index contributed by atoms with van der Waals surface area (Å²) >= 11 is 3.20. The van der Waals surface area contributed by atoms with Crippen LogP contribution < -0.4 is 19.7 Å². The van der Waals surface area contributed by atoms with Gasteiger partial charge >= 0.3 is 6.03 Å². The van der Waals surface area contributed by atoms with E-state index >= 15 is 0 Å². The first-order valence-electron chi connectivity index (χ1n) is 9.56. The summed E-state index contributed by atoms with van der Waals surface area (Å²) in [7, 11) is 1.38. The Balaban J connectivity index is 1.90. The Hall–Kier alpha value is -3.33. The third-order valence-corrected chi connectivity index (χ3v) is 5.15. The van der Waals surface area contributed by atoms with E-state index in [0.29, 0.717) is 28.1 Å². The molecule has 9 heteroatoms. The maximum Gasteiger partial charge on any atom is 0.335 e. The van der Waals surface area contributed by atoms with Crippen LogP contribution in [0.25, 0.3) is 6.08 Å². The Bertz CT molecular complexity index is 1050. The number of hydrogen-bond acceptors (Lipinski definition) is 6. The van der Waals surface area contributed by atoms with E-state index in [1.807, 2.05) is 0 Å². The number of amides is 4. The van der Waals surface area contributed by atoms with Crippen molar-refractivity contribution in [1.82, 2.24) is 5.32 Å². The molecule has 1 fully saturated rings. The number of barbiturate groups is 1. The summed E-state index contributed by atoms with van der Waals surface area (Å²) in [5, 5.41) is 12.1. The highest BCUT2D eigenvalue weighted by Gasteiger charge is 2.36. The van der Waals surface area contributed by atoms with Gasteiger partial charge < -0.3 is 14.6 Å². The molecule has 0 saturated carbocycles. The highest BCUT2D eigenvalue weighted by molar-refractivity contribution is 9.10. The molecule has 1 heterocycles. The molecule has 1 aliphatic heterocycles. The van der Waals surface area contributed by atoms with E-state index < -0.39 is 17.8 Å². The first-order valence-corrected chi connectivity index (χ1v) is 10.4. The summed E-state index contributed by atoms with van der Waals surface area (Å²) in [4.78, 5) is 38.6. The van der Waals surface area contributed by atoms with Gasteiger partial charge in [0.15, 0.2) is 11.5 Å². The number of methoxy groups -OCH3 is 1. The van der Waals surface area contributed by atoms with E-state index in [2.05, 4.69) is 28.2 Å². The Morgan fingerprint density at radius 1 is 1.16 bits per heavy atom. The van der Waals surface area contributed by atoms with Crippen LogP contribution in [0.15, 0.2) is 46.4 Å². The number of carbonyl (C=O) groups excluding carboxylic acids is 3. The SMILES string of the molecule is CCCCOc1ccc(N2C(=O)NC(=O)/C(=C/c3cc(Br)c(O)c(OC)c3)C2=O)cc1. The number of ether oxygens (including phenoxy) is 2. The normalized spacial score (nSPS) is 15.3. The zero-order valence-electron chi connectivity index (χ0n) is 17.0. The number of unbranched alkanes of at least 4 members (excludes halogenated alkanes) is 1. The number of phenols is 1. The maximum absolute atomic E-state index is 13.0. The van der Waals surface area contributed by atoms with E-state index in [0.717, 1.165) is 17.7 Å². The lowest BCUT2D eigenvalue weighted by Gasteiger charge is -2.26. The van der Waals surface area contributed by atoms with Gasteiger partial charge in [0, 0.05) is 0 Å². The largest absolute Gasteiger partial charge is 0.503 e. The van der Waals surface area contributed by atoms with Crippen molar-refractivity contribution in [3.8, 4) is 17.2 Å². The molecule has 2 aromatic carbocycles. The van der Waals surface area contributed by atoms with Crippen molar-refractivity contribution in [3.63, 3.8) is 0 Å². The monoisotopic (exact) mass is 488 g/mol. The molecular weight excluding hydrogens is 468 g/mol. The molecule has 1 aliphatic rings. The molecule has 3 rings (SSSR count). The minimum absolute atomic E-state index is 0.109. The lowest BCUT2D eigenvalue weighted by Crippen LogP contribution is -2.54. The smallest absolute Gasteiger partial charge is 0.335 e. The fourth-order valence-electron chi connectivity index (χ4n) is 2.92. The average molecular weight is 489 g/mol. The molecular formula is C22H21BrN2O6. The molecule has 0 atom stereocenters. The fraction of sp³-hybridized carbons (Fsp3) is 0.227. The van der Waals surface area contributed by atoms with E-state index in [1.165, 1.54) is 25.3 Å². The van der Waals surface area contributed by atoms with Gasteiger partial charge in [0.1, 0.15) is 11.3 Å². The van der Waals surface area contributed by atoms with Crippen molar-refractivity contribution in [2.45, 2.75) is 19.8 Å². The Labute approximate surface area is 187 Å². The number of hydrogen-bond donors (Lipinski definition) is 2. The molecule has 31 heavy (non-hydrogen) atoms. The van der Waals surface area contributed by atoms with Crippen LogP contribution in [0.1, 0.15) is 25.3 Å². The number of nitrogens with zero attached hydrogens (tertiary/aromatic N) is 1. The number of anilines is 1.